The van der Waals surface area contributed by atoms with E-state index in [4.69, 9.17) is 9.15 Å². The molecule has 4 N–H and O–H groups in total. The van der Waals surface area contributed by atoms with Crippen molar-refractivity contribution >= 4 is 32.1 Å². The highest BCUT2D eigenvalue weighted by molar-refractivity contribution is 7.93. The van der Waals surface area contributed by atoms with E-state index in [1.165, 1.54) is 31.9 Å². The van der Waals surface area contributed by atoms with Crippen molar-refractivity contribution in [3.8, 4) is 17.4 Å². The standard InChI is InChI=1S/C29H33N3O7S/c1-18(27(15-30)40(36,37)31-16-26-29(35)28(34)23(33)17-38-26)24-9-10-25(39-24)21-6-5-20-14-22(8-7-19(20)13-21)32-11-3-2-4-12-32/h5-10,13-14,23,26,28-29,31,33-35H,2-4,11-12,16-17H2,1H3. The summed E-state index contributed by atoms with van der Waals surface area (Å²) in [6, 6.07) is 17.5. The molecule has 10 nitrogen and oxygen atoms in total. The first-order valence-electron chi connectivity index (χ1n) is 13.3. The van der Waals surface area contributed by atoms with Crippen LogP contribution < -0.4 is 9.62 Å². The maximum atomic E-state index is 13.0. The van der Waals surface area contributed by atoms with Crippen LogP contribution in [0.25, 0.3) is 27.7 Å². The first-order valence-corrected chi connectivity index (χ1v) is 14.8. The number of benzene rings is 2. The topological polar surface area (TPSA) is 156 Å². The molecule has 0 amide bonds. The molecule has 40 heavy (non-hydrogen) atoms. The zero-order valence-corrected chi connectivity index (χ0v) is 23.0. The van der Waals surface area contributed by atoms with Crippen LogP contribution in [0, 0.1) is 11.3 Å². The van der Waals surface area contributed by atoms with Gasteiger partial charge in [-0.05, 0) is 67.3 Å². The number of piperidine rings is 1. The lowest BCUT2D eigenvalue weighted by Crippen LogP contribution is -2.56. The van der Waals surface area contributed by atoms with E-state index in [0.717, 1.165) is 29.4 Å². The Morgan fingerprint density at radius 2 is 1.75 bits per heavy atom. The highest BCUT2D eigenvalue weighted by atomic mass is 32.2. The number of aliphatic hydroxyl groups excluding tert-OH is 3. The zero-order chi connectivity index (χ0) is 28.4. The van der Waals surface area contributed by atoms with Gasteiger partial charge in [-0.25, -0.2) is 13.1 Å². The summed E-state index contributed by atoms with van der Waals surface area (Å²) in [5.74, 6) is 0.759. The molecule has 1 aromatic heterocycles. The number of ether oxygens (including phenoxy) is 1. The minimum Gasteiger partial charge on any atom is -0.456 e. The van der Waals surface area contributed by atoms with Gasteiger partial charge in [0.25, 0.3) is 10.0 Å². The smallest absolute Gasteiger partial charge is 0.251 e. The highest BCUT2D eigenvalue weighted by Gasteiger charge is 2.38. The summed E-state index contributed by atoms with van der Waals surface area (Å²) in [5, 5.41) is 41.3. The number of fused-ring (bicyclic) bond motifs is 1. The average Bonchev–Trinajstić information content (AvgIpc) is 3.46. The van der Waals surface area contributed by atoms with Crippen LogP contribution in [0.4, 0.5) is 5.69 Å². The predicted octanol–water partition coefficient (Wildman–Crippen LogP) is 2.75. The van der Waals surface area contributed by atoms with Crippen LogP contribution >= 0.6 is 0 Å². The van der Waals surface area contributed by atoms with E-state index in [1.54, 1.807) is 18.2 Å². The summed E-state index contributed by atoms with van der Waals surface area (Å²) in [4.78, 5) is 1.88. The molecule has 2 aliphatic heterocycles. The fraction of sp³-hybridized carbons (Fsp3) is 0.414. The number of aliphatic hydroxyl groups is 3. The SMILES string of the molecule is CC(=C(C#N)S(=O)(=O)NCC1OCC(O)C(O)C1O)c1ccc(-c2ccc3cc(N4CCCCC4)ccc3c2)o1. The number of allylic oxidation sites excluding steroid dienone is 2. The number of sulfonamides is 1. The van der Waals surface area contributed by atoms with Crippen molar-refractivity contribution in [2.75, 3.05) is 31.1 Å². The van der Waals surface area contributed by atoms with Crippen molar-refractivity contribution in [1.29, 1.82) is 5.26 Å². The first kappa shape index (κ1) is 28.3. The largest absolute Gasteiger partial charge is 0.456 e. The first-order chi connectivity index (χ1) is 19.2. The molecule has 4 unspecified atom stereocenters. The second-order valence-electron chi connectivity index (χ2n) is 10.3. The second kappa shape index (κ2) is 11.7. The molecule has 212 valence electrons. The van der Waals surface area contributed by atoms with Crippen LogP contribution in [-0.4, -0.2) is 74.4 Å². The summed E-state index contributed by atoms with van der Waals surface area (Å²) in [6.45, 7) is 2.98. The Balaban J connectivity index is 1.33. The minimum atomic E-state index is -4.30. The molecule has 3 aromatic rings. The van der Waals surface area contributed by atoms with Gasteiger partial charge in [0.15, 0.2) is 4.91 Å². The Hall–Kier alpha value is -3.24. The zero-order valence-electron chi connectivity index (χ0n) is 22.2. The Morgan fingerprint density at radius 3 is 2.50 bits per heavy atom. The number of nitrogens with zero attached hydrogens (tertiary/aromatic N) is 2. The molecular formula is C29H33N3O7S. The molecule has 3 heterocycles. The van der Waals surface area contributed by atoms with Crippen LogP contribution in [-0.2, 0) is 14.8 Å². The van der Waals surface area contributed by atoms with E-state index in [1.807, 2.05) is 18.2 Å². The third kappa shape index (κ3) is 5.78. The number of nitrogens with one attached hydrogen (secondary N) is 1. The monoisotopic (exact) mass is 567 g/mol. The van der Waals surface area contributed by atoms with Crippen molar-refractivity contribution in [2.24, 2.45) is 0 Å². The van der Waals surface area contributed by atoms with E-state index in [9.17, 15) is 29.0 Å². The minimum absolute atomic E-state index is 0.119. The average molecular weight is 568 g/mol. The fourth-order valence-electron chi connectivity index (χ4n) is 5.20. The molecule has 0 saturated carbocycles. The number of anilines is 1. The van der Waals surface area contributed by atoms with E-state index in [0.29, 0.717) is 5.76 Å². The fourth-order valence-corrected chi connectivity index (χ4v) is 6.35. The third-order valence-corrected chi connectivity index (χ3v) is 9.08. The van der Waals surface area contributed by atoms with Crippen molar-refractivity contribution in [3.05, 3.63) is 59.2 Å². The molecule has 5 rings (SSSR count). The molecule has 0 aliphatic carbocycles. The van der Waals surface area contributed by atoms with Crippen molar-refractivity contribution in [2.45, 2.75) is 50.6 Å². The van der Waals surface area contributed by atoms with Gasteiger partial charge in [0.05, 0.1) is 12.7 Å². The van der Waals surface area contributed by atoms with Gasteiger partial charge < -0.3 is 29.4 Å². The van der Waals surface area contributed by atoms with Crippen molar-refractivity contribution in [3.63, 3.8) is 0 Å². The van der Waals surface area contributed by atoms with Crippen LogP contribution in [0.2, 0.25) is 0 Å². The van der Waals surface area contributed by atoms with E-state index in [-0.39, 0.29) is 17.9 Å². The molecular weight excluding hydrogens is 534 g/mol. The van der Waals surface area contributed by atoms with Gasteiger partial charge in [-0.3, -0.25) is 0 Å². The van der Waals surface area contributed by atoms with Gasteiger partial charge in [0, 0.05) is 36.5 Å². The van der Waals surface area contributed by atoms with E-state index >= 15 is 0 Å². The normalized spacial score (nSPS) is 24.5. The molecule has 2 saturated heterocycles. The molecule has 11 heteroatoms. The van der Waals surface area contributed by atoms with Crippen LogP contribution in [0.1, 0.15) is 31.9 Å². The van der Waals surface area contributed by atoms with Crippen molar-refractivity contribution < 1.29 is 32.9 Å². The molecule has 2 fully saturated rings. The Kier molecular flexibility index (Phi) is 8.28. The number of rotatable bonds is 7. The molecule has 2 aromatic carbocycles. The van der Waals surface area contributed by atoms with Gasteiger partial charge in [-0.15, -0.1) is 0 Å². The van der Waals surface area contributed by atoms with E-state index < -0.39 is 45.9 Å². The molecule has 0 bridgehead atoms. The summed E-state index contributed by atoms with van der Waals surface area (Å²) in [7, 11) is -4.30. The second-order valence-corrected chi connectivity index (χ2v) is 12.0. The van der Waals surface area contributed by atoms with Gasteiger partial charge in [0.1, 0.15) is 35.9 Å². The predicted molar refractivity (Wildman–Crippen MR) is 151 cm³/mol. The summed E-state index contributed by atoms with van der Waals surface area (Å²) < 4.78 is 39.4. The Morgan fingerprint density at radius 1 is 1.02 bits per heavy atom. The van der Waals surface area contributed by atoms with Gasteiger partial charge >= 0.3 is 0 Å². The quantitative estimate of drug-likeness (QED) is 0.315. The Labute approximate surface area is 233 Å². The van der Waals surface area contributed by atoms with Crippen LogP contribution in [0.3, 0.4) is 0 Å². The van der Waals surface area contributed by atoms with Gasteiger partial charge in [-0.2, -0.15) is 5.26 Å². The van der Waals surface area contributed by atoms with Crippen LogP contribution in [0.15, 0.2) is 57.9 Å². The highest BCUT2D eigenvalue weighted by Crippen LogP contribution is 2.32. The molecule has 4 atom stereocenters. The van der Waals surface area contributed by atoms with E-state index in [2.05, 4.69) is 27.8 Å². The summed E-state index contributed by atoms with van der Waals surface area (Å²) in [6.07, 6.45) is -1.62. The van der Waals surface area contributed by atoms with Gasteiger partial charge in [0.2, 0.25) is 0 Å². The lowest BCUT2D eigenvalue weighted by Gasteiger charge is -2.35. The number of nitriles is 1. The molecule has 0 spiro atoms. The lowest BCUT2D eigenvalue weighted by atomic mass is 10.0. The molecule has 2 aliphatic rings. The third-order valence-electron chi connectivity index (χ3n) is 7.60. The van der Waals surface area contributed by atoms with Gasteiger partial charge in [-0.1, -0.05) is 18.2 Å². The lowest BCUT2D eigenvalue weighted by molar-refractivity contribution is -0.184. The maximum Gasteiger partial charge on any atom is 0.251 e. The van der Waals surface area contributed by atoms with Crippen LogP contribution in [0.5, 0.6) is 0 Å². The summed E-state index contributed by atoms with van der Waals surface area (Å²) >= 11 is 0. The molecule has 0 radical (unpaired) electrons. The number of hydrogen-bond acceptors (Lipinski definition) is 9. The number of hydrogen-bond donors (Lipinski definition) is 4. The van der Waals surface area contributed by atoms with Crippen molar-refractivity contribution in [1.82, 2.24) is 4.72 Å². The number of furan rings is 1. The maximum absolute atomic E-state index is 13.0. The summed E-state index contributed by atoms with van der Waals surface area (Å²) in [5.41, 5.74) is 2.16. The Bertz CT molecular complexity index is 1550.